The number of imidazole rings is 1. The van der Waals surface area contributed by atoms with Crippen molar-refractivity contribution < 1.29 is 0 Å². The first-order valence-electron chi connectivity index (χ1n) is 5.05. The zero-order chi connectivity index (χ0) is 9.38. The average Bonchev–Trinajstić information content (AvgIpc) is 2.55. The summed E-state index contributed by atoms with van der Waals surface area (Å²) in [5.74, 6) is 1.97. The monoisotopic (exact) mass is 187 g/mol. The minimum atomic E-state index is 0.779. The maximum absolute atomic E-state index is 4.45. The van der Waals surface area contributed by atoms with Crippen molar-refractivity contribution in [3.63, 3.8) is 0 Å². The Morgan fingerprint density at radius 2 is 2.36 bits per heavy atom. The molecule has 0 amide bonds. The minimum absolute atomic E-state index is 0.779. The van der Waals surface area contributed by atoms with Gasteiger partial charge in [-0.15, -0.1) is 0 Å². The van der Waals surface area contributed by atoms with Gasteiger partial charge in [-0.2, -0.15) is 0 Å². The van der Waals surface area contributed by atoms with Crippen molar-refractivity contribution in [1.29, 1.82) is 0 Å². The lowest BCUT2D eigenvalue weighted by molar-refractivity contribution is 0.340. The van der Waals surface area contributed by atoms with E-state index in [0.717, 1.165) is 25.4 Å². The molecule has 0 atom stereocenters. The molecule has 0 bridgehead atoms. The summed E-state index contributed by atoms with van der Waals surface area (Å²) in [4.78, 5) is 4.45. The lowest BCUT2D eigenvalue weighted by Crippen LogP contribution is -2.43. The van der Waals surface area contributed by atoms with Crippen LogP contribution in [-0.4, -0.2) is 22.5 Å². The van der Waals surface area contributed by atoms with E-state index < -0.39 is 0 Å². The predicted octanol–water partition coefficient (Wildman–Crippen LogP) is 1.10. The number of rotatable bonds is 2. The molecule has 2 aromatic rings. The van der Waals surface area contributed by atoms with Gasteiger partial charge in [0.1, 0.15) is 5.82 Å². The summed E-state index contributed by atoms with van der Waals surface area (Å²) in [6.45, 7) is 2.28. The van der Waals surface area contributed by atoms with Gasteiger partial charge in [0.2, 0.25) is 0 Å². The summed E-state index contributed by atoms with van der Waals surface area (Å²) >= 11 is 0. The number of fused-ring (bicyclic) bond motifs is 1. The zero-order valence-electron chi connectivity index (χ0n) is 7.98. The van der Waals surface area contributed by atoms with Crippen LogP contribution >= 0.6 is 0 Å². The summed E-state index contributed by atoms with van der Waals surface area (Å²) in [6.07, 6.45) is 5.12. The van der Waals surface area contributed by atoms with Crippen LogP contribution < -0.4 is 5.32 Å². The quantitative estimate of drug-likeness (QED) is 0.762. The van der Waals surface area contributed by atoms with Gasteiger partial charge >= 0.3 is 0 Å². The average molecular weight is 187 g/mol. The zero-order valence-corrected chi connectivity index (χ0v) is 7.98. The van der Waals surface area contributed by atoms with Gasteiger partial charge in [-0.05, 0) is 31.1 Å². The fourth-order valence-corrected chi connectivity index (χ4v) is 1.90. The van der Waals surface area contributed by atoms with Crippen molar-refractivity contribution in [2.24, 2.45) is 5.92 Å². The molecule has 0 radical (unpaired) electrons. The number of pyridine rings is 1. The Morgan fingerprint density at radius 3 is 3.14 bits per heavy atom. The van der Waals surface area contributed by atoms with Crippen LogP contribution in [0.5, 0.6) is 0 Å². The highest BCUT2D eigenvalue weighted by molar-refractivity contribution is 5.45. The Morgan fingerprint density at radius 1 is 1.43 bits per heavy atom. The van der Waals surface area contributed by atoms with Gasteiger partial charge in [0.15, 0.2) is 0 Å². The molecule has 14 heavy (non-hydrogen) atoms. The highest BCUT2D eigenvalue weighted by Crippen LogP contribution is 2.13. The van der Waals surface area contributed by atoms with E-state index in [1.54, 1.807) is 0 Å². The molecule has 72 valence electrons. The molecule has 1 fully saturated rings. The van der Waals surface area contributed by atoms with Gasteiger partial charge in [-0.3, -0.25) is 0 Å². The highest BCUT2D eigenvalue weighted by Gasteiger charge is 2.18. The Labute approximate surface area is 82.8 Å². The van der Waals surface area contributed by atoms with Gasteiger partial charge in [-0.1, -0.05) is 6.07 Å². The first-order chi connectivity index (χ1) is 6.93. The van der Waals surface area contributed by atoms with Crippen LogP contribution in [-0.2, 0) is 6.42 Å². The Bertz CT molecular complexity index is 442. The third-order valence-electron chi connectivity index (χ3n) is 2.85. The first kappa shape index (κ1) is 8.00. The van der Waals surface area contributed by atoms with E-state index >= 15 is 0 Å². The first-order valence-corrected chi connectivity index (χ1v) is 5.05. The van der Waals surface area contributed by atoms with Crippen molar-refractivity contribution in [3.05, 3.63) is 36.4 Å². The summed E-state index contributed by atoms with van der Waals surface area (Å²) in [6, 6.07) is 6.19. The molecule has 1 N–H and O–H groups in total. The molecule has 0 aliphatic carbocycles. The fraction of sp³-hybridized carbons (Fsp3) is 0.364. The molecule has 3 rings (SSSR count). The van der Waals surface area contributed by atoms with Crippen LogP contribution in [0, 0.1) is 5.92 Å². The van der Waals surface area contributed by atoms with Gasteiger partial charge in [-0.25, -0.2) is 4.98 Å². The van der Waals surface area contributed by atoms with Crippen LogP contribution in [0.3, 0.4) is 0 Å². The lowest BCUT2D eigenvalue weighted by Gasteiger charge is -2.26. The normalized spacial score (nSPS) is 17.1. The smallest absolute Gasteiger partial charge is 0.113 e. The molecule has 3 nitrogen and oxygen atoms in total. The van der Waals surface area contributed by atoms with E-state index in [9.17, 15) is 0 Å². The fourth-order valence-electron chi connectivity index (χ4n) is 1.90. The molecule has 3 heteroatoms. The van der Waals surface area contributed by atoms with Crippen molar-refractivity contribution in [1.82, 2.24) is 14.7 Å². The molecule has 1 saturated heterocycles. The third-order valence-corrected chi connectivity index (χ3v) is 2.85. The predicted molar refractivity (Wildman–Crippen MR) is 55.3 cm³/mol. The molecule has 1 aliphatic heterocycles. The van der Waals surface area contributed by atoms with E-state index in [-0.39, 0.29) is 0 Å². The lowest BCUT2D eigenvalue weighted by atomic mass is 9.99. The molecule has 0 spiro atoms. The van der Waals surface area contributed by atoms with Crippen molar-refractivity contribution >= 4 is 5.52 Å². The number of aromatic nitrogens is 2. The van der Waals surface area contributed by atoms with Crippen LogP contribution in [0.25, 0.3) is 5.52 Å². The van der Waals surface area contributed by atoms with Crippen LogP contribution in [0.4, 0.5) is 0 Å². The molecular weight excluding hydrogens is 174 g/mol. The van der Waals surface area contributed by atoms with E-state index in [4.69, 9.17) is 0 Å². The van der Waals surface area contributed by atoms with E-state index in [1.165, 1.54) is 11.3 Å². The summed E-state index contributed by atoms with van der Waals surface area (Å²) in [7, 11) is 0. The maximum atomic E-state index is 4.45. The Hall–Kier alpha value is -1.35. The third kappa shape index (κ3) is 1.21. The molecule has 3 heterocycles. The topological polar surface area (TPSA) is 29.3 Å². The Balaban J connectivity index is 1.95. The van der Waals surface area contributed by atoms with Crippen molar-refractivity contribution in [2.45, 2.75) is 6.42 Å². The Kier molecular flexibility index (Phi) is 1.77. The van der Waals surface area contributed by atoms with Gasteiger partial charge in [0.25, 0.3) is 0 Å². The molecule has 2 aromatic heterocycles. The van der Waals surface area contributed by atoms with Crippen molar-refractivity contribution in [3.8, 4) is 0 Å². The summed E-state index contributed by atoms with van der Waals surface area (Å²) in [5.41, 5.74) is 1.19. The summed E-state index contributed by atoms with van der Waals surface area (Å²) in [5, 5.41) is 3.28. The number of nitrogens with one attached hydrogen (secondary N) is 1. The maximum Gasteiger partial charge on any atom is 0.113 e. The second kappa shape index (κ2) is 3.10. The molecule has 0 saturated carbocycles. The SMILES string of the molecule is c1ccn2c(CC3CNC3)ncc2c1. The van der Waals surface area contributed by atoms with Crippen LogP contribution in [0.15, 0.2) is 30.6 Å². The standard InChI is InChI=1S/C11H13N3/c1-2-4-14-10(3-1)8-13-11(14)5-9-6-12-7-9/h1-4,8-9,12H,5-7H2. The number of hydrogen-bond acceptors (Lipinski definition) is 2. The van der Waals surface area contributed by atoms with E-state index in [0.29, 0.717) is 0 Å². The molecule has 1 aliphatic rings. The number of hydrogen-bond donors (Lipinski definition) is 1. The van der Waals surface area contributed by atoms with Gasteiger partial charge in [0.05, 0.1) is 11.7 Å². The van der Waals surface area contributed by atoms with E-state index in [2.05, 4.69) is 33.0 Å². The van der Waals surface area contributed by atoms with Gasteiger partial charge in [0, 0.05) is 12.6 Å². The molecular formula is C11H13N3. The minimum Gasteiger partial charge on any atom is -0.316 e. The second-order valence-electron chi connectivity index (χ2n) is 3.90. The van der Waals surface area contributed by atoms with Crippen molar-refractivity contribution in [2.75, 3.05) is 13.1 Å². The highest BCUT2D eigenvalue weighted by atomic mass is 15.0. The molecule has 0 aromatic carbocycles. The van der Waals surface area contributed by atoms with Crippen LogP contribution in [0.1, 0.15) is 5.82 Å². The second-order valence-corrected chi connectivity index (χ2v) is 3.90. The summed E-state index contributed by atoms with van der Waals surface area (Å²) < 4.78 is 2.18. The van der Waals surface area contributed by atoms with Crippen LogP contribution in [0.2, 0.25) is 0 Å². The number of nitrogens with zero attached hydrogens (tertiary/aromatic N) is 2. The van der Waals surface area contributed by atoms with E-state index in [1.807, 2.05) is 12.3 Å². The van der Waals surface area contributed by atoms with Gasteiger partial charge < -0.3 is 9.72 Å². The largest absolute Gasteiger partial charge is 0.316 e. The molecule has 0 unspecified atom stereocenters.